The summed E-state index contributed by atoms with van der Waals surface area (Å²) in [6.45, 7) is -0.994. The highest BCUT2D eigenvalue weighted by Crippen LogP contribution is 2.10. The van der Waals surface area contributed by atoms with Crippen LogP contribution < -0.4 is 5.32 Å². The van der Waals surface area contributed by atoms with Crippen molar-refractivity contribution >= 4 is 24.0 Å². The average Bonchev–Trinajstić information content (AvgIpc) is 2.62. The van der Waals surface area contributed by atoms with Gasteiger partial charge in [-0.05, 0) is 24.8 Å². The van der Waals surface area contributed by atoms with Crippen LogP contribution in [0.15, 0.2) is 30.3 Å². The molecule has 0 aliphatic carbocycles. The number of carboxylic acids is 3. The molecule has 1 aromatic carbocycles. The maximum Gasteiger partial charge on any atom is 0.407 e. The number of aliphatic carboxylic acids is 3. The minimum absolute atomic E-state index is 0.0522. The lowest BCUT2D eigenvalue weighted by molar-refractivity contribution is -0.149. The van der Waals surface area contributed by atoms with Crippen LogP contribution in [0.1, 0.15) is 24.8 Å². The molecule has 0 unspecified atom stereocenters. The normalized spacial score (nSPS) is 11.6. The molecule has 0 saturated carbocycles. The van der Waals surface area contributed by atoms with E-state index in [0.29, 0.717) is 12.8 Å². The quantitative estimate of drug-likeness (QED) is 0.358. The highest BCUT2D eigenvalue weighted by atomic mass is 16.5. The number of nitrogens with zero attached hydrogens (tertiary/aromatic N) is 1. The van der Waals surface area contributed by atoms with E-state index in [4.69, 9.17) is 14.9 Å². The van der Waals surface area contributed by atoms with E-state index < -0.39 is 43.1 Å². The number of benzene rings is 1. The number of unbranched alkanes of at least 4 members (excludes halogenated alkanes) is 1. The number of nitrogens with one attached hydrogen (secondary N) is 1. The fourth-order valence-corrected chi connectivity index (χ4v) is 2.51. The number of carbonyl (C=O) groups is 4. The lowest BCUT2D eigenvalue weighted by atomic mass is 10.1. The first-order chi connectivity index (χ1) is 13.3. The SMILES string of the molecule is O=C(O)CN(CC(=O)O)[C@H](CCCCNC(=O)OCc1ccccc1)C(=O)O. The fourth-order valence-electron chi connectivity index (χ4n) is 2.51. The van der Waals surface area contributed by atoms with Crippen molar-refractivity contribution in [2.24, 2.45) is 0 Å². The van der Waals surface area contributed by atoms with Gasteiger partial charge in [-0.3, -0.25) is 19.3 Å². The number of carboxylic acid groups (broad SMARTS) is 3. The first kappa shape index (κ1) is 22.9. The van der Waals surface area contributed by atoms with Crippen LogP contribution in [0.5, 0.6) is 0 Å². The fraction of sp³-hybridized carbons (Fsp3) is 0.444. The first-order valence-corrected chi connectivity index (χ1v) is 8.64. The number of carbonyl (C=O) groups excluding carboxylic acids is 1. The first-order valence-electron chi connectivity index (χ1n) is 8.64. The topological polar surface area (TPSA) is 153 Å². The molecule has 10 heteroatoms. The van der Waals surface area contributed by atoms with Gasteiger partial charge in [-0.15, -0.1) is 0 Å². The van der Waals surface area contributed by atoms with Gasteiger partial charge < -0.3 is 25.4 Å². The smallest absolute Gasteiger partial charge is 0.407 e. The Morgan fingerprint density at radius 1 is 0.964 bits per heavy atom. The number of ether oxygens (including phenoxy) is 1. The lowest BCUT2D eigenvalue weighted by Gasteiger charge is -2.25. The third kappa shape index (κ3) is 9.53. The molecule has 1 aromatic rings. The van der Waals surface area contributed by atoms with E-state index in [1.54, 1.807) is 0 Å². The standard InChI is InChI=1S/C18H24N2O8/c21-15(22)10-20(11-16(23)24)14(17(25)26)8-4-5-9-19-18(27)28-12-13-6-2-1-3-7-13/h1-3,6-7,14H,4-5,8-12H2,(H,19,27)(H,21,22)(H,23,24)(H,25,26)/t14-/m1/s1. The minimum atomic E-state index is -1.31. The highest BCUT2D eigenvalue weighted by molar-refractivity contribution is 5.78. The van der Waals surface area contributed by atoms with Crippen LogP contribution in [0.2, 0.25) is 0 Å². The summed E-state index contributed by atoms with van der Waals surface area (Å²) in [5.41, 5.74) is 0.846. The predicted molar refractivity (Wildman–Crippen MR) is 96.7 cm³/mol. The van der Waals surface area contributed by atoms with E-state index in [2.05, 4.69) is 5.32 Å². The van der Waals surface area contributed by atoms with Gasteiger partial charge in [0, 0.05) is 6.54 Å². The summed E-state index contributed by atoms with van der Waals surface area (Å²) >= 11 is 0. The monoisotopic (exact) mass is 396 g/mol. The summed E-state index contributed by atoms with van der Waals surface area (Å²) in [6, 6.07) is 7.90. The van der Waals surface area contributed by atoms with Crippen molar-refractivity contribution in [3.05, 3.63) is 35.9 Å². The molecule has 4 N–H and O–H groups in total. The highest BCUT2D eigenvalue weighted by Gasteiger charge is 2.28. The molecule has 154 valence electrons. The van der Waals surface area contributed by atoms with E-state index in [1.807, 2.05) is 30.3 Å². The van der Waals surface area contributed by atoms with Crippen molar-refractivity contribution in [2.45, 2.75) is 31.9 Å². The van der Waals surface area contributed by atoms with Crippen LogP contribution in [0, 0.1) is 0 Å². The second-order valence-corrected chi connectivity index (χ2v) is 6.03. The summed E-state index contributed by atoms with van der Waals surface area (Å²) in [5, 5.41) is 29.5. The Hall–Kier alpha value is -3.14. The van der Waals surface area contributed by atoms with Gasteiger partial charge >= 0.3 is 24.0 Å². The number of amides is 1. The van der Waals surface area contributed by atoms with Crippen molar-refractivity contribution in [3.63, 3.8) is 0 Å². The molecule has 0 heterocycles. The van der Waals surface area contributed by atoms with Gasteiger partial charge in [0.05, 0.1) is 13.1 Å². The molecule has 28 heavy (non-hydrogen) atoms. The molecular weight excluding hydrogens is 372 g/mol. The zero-order valence-electron chi connectivity index (χ0n) is 15.2. The Kier molecular flexibility index (Phi) is 10.0. The Morgan fingerprint density at radius 2 is 1.57 bits per heavy atom. The van der Waals surface area contributed by atoms with E-state index in [0.717, 1.165) is 10.5 Å². The lowest BCUT2D eigenvalue weighted by Crippen LogP contribution is -2.46. The number of rotatable bonds is 13. The molecule has 0 aliphatic heterocycles. The third-order valence-electron chi connectivity index (χ3n) is 3.79. The van der Waals surface area contributed by atoms with Gasteiger partial charge in [-0.1, -0.05) is 30.3 Å². The second kappa shape index (κ2) is 12.3. The van der Waals surface area contributed by atoms with Crippen molar-refractivity contribution < 1.29 is 39.2 Å². The van der Waals surface area contributed by atoms with Gasteiger partial charge in [0.15, 0.2) is 0 Å². The van der Waals surface area contributed by atoms with Crippen LogP contribution in [0.25, 0.3) is 0 Å². The largest absolute Gasteiger partial charge is 0.480 e. The molecule has 0 spiro atoms. The number of hydrogen-bond acceptors (Lipinski definition) is 6. The zero-order valence-corrected chi connectivity index (χ0v) is 15.2. The molecule has 0 radical (unpaired) electrons. The number of alkyl carbamates (subject to hydrolysis) is 1. The Bertz CT molecular complexity index is 649. The molecule has 0 aromatic heterocycles. The average molecular weight is 396 g/mol. The minimum Gasteiger partial charge on any atom is -0.480 e. The van der Waals surface area contributed by atoms with Crippen molar-refractivity contribution in [2.75, 3.05) is 19.6 Å². The second-order valence-electron chi connectivity index (χ2n) is 6.03. The van der Waals surface area contributed by atoms with E-state index in [9.17, 15) is 24.3 Å². The van der Waals surface area contributed by atoms with Gasteiger partial charge in [0.2, 0.25) is 0 Å². The van der Waals surface area contributed by atoms with Crippen LogP contribution in [0.4, 0.5) is 4.79 Å². The van der Waals surface area contributed by atoms with Crippen molar-refractivity contribution in [1.82, 2.24) is 10.2 Å². The third-order valence-corrected chi connectivity index (χ3v) is 3.79. The molecule has 0 saturated heterocycles. The van der Waals surface area contributed by atoms with Gasteiger partial charge in [0.25, 0.3) is 0 Å². The summed E-state index contributed by atoms with van der Waals surface area (Å²) in [7, 11) is 0. The van der Waals surface area contributed by atoms with E-state index >= 15 is 0 Å². The summed E-state index contributed by atoms with van der Waals surface area (Å²) in [4.78, 5) is 45.6. The van der Waals surface area contributed by atoms with Gasteiger partial charge in [-0.2, -0.15) is 0 Å². The predicted octanol–water partition coefficient (Wildman–Crippen LogP) is 1.01. The molecule has 0 aliphatic rings. The maximum atomic E-state index is 11.6. The molecule has 1 amide bonds. The van der Waals surface area contributed by atoms with E-state index in [-0.39, 0.29) is 19.6 Å². The molecule has 0 bridgehead atoms. The van der Waals surface area contributed by atoms with Crippen LogP contribution in [-0.2, 0) is 25.7 Å². The van der Waals surface area contributed by atoms with Crippen molar-refractivity contribution in [3.8, 4) is 0 Å². The van der Waals surface area contributed by atoms with Crippen LogP contribution in [-0.4, -0.2) is 69.9 Å². The molecule has 0 fully saturated rings. The Labute approximate surface area is 161 Å². The molecular formula is C18H24N2O8. The van der Waals surface area contributed by atoms with Crippen LogP contribution >= 0.6 is 0 Å². The van der Waals surface area contributed by atoms with Gasteiger partial charge in [0.1, 0.15) is 12.6 Å². The summed E-state index contributed by atoms with van der Waals surface area (Å²) in [5.74, 6) is -3.91. The number of hydrogen-bond donors (Lipinski definition) is 4. The van der Waals surface area contributed by atoms with E-state index in [1.165, 1.54) is 0 Å². The summed E-state index contributed by atoms with van der Waals surface area (Å²) < 4.78 is 5.04. The molecule has 1 atom stereocenters. The zero-order chi connectivity index (χ0) is 20.9. The summed E-state index contributed by atoms with van der Waals surface area (Å²) in [6.07, 6.45) is 0.234. The van der Waals surface area contributed by atoms with Gasteiger partial charge in [-0.25, -0.2) is 4.79 Å². The maximum absolute atomic E-state index is 11.6. The molecule has 10 nitrogen and oxygen atoms in total. The van der Waals surface area contributed by atoms with Crippen molar-refractivity contribution in [1.29, 1.82) is 0 Å². The Balaban J connectivity index is 2.35. The molecule has 1 rings (SSSR count). The Morgan fingerprint density at radius 3 is 2.11 bits per heavy atom. The van der Waals surface area contributed by atoms with Crippen LogP contribution in [0.3, 0.4) is 0 Å².